The van der Waals surface area contributed by atoms with E-state index < -0.39 is 12.0 Å². The second-order valence-electron chi connectivity index (χ2n) is 8.39. The molecule has 0 bridgehead atoms. The molecule has 0 aliphatic carbocycles. The number of piperidine rings is 1. The highest BCUT2D eigenvalue weighted by molar-refractivity contribution is 5.79. The molecule has 1 N–H and O–H groups in total. The van der Waals surface area contributed by atoms with Crippen molar-refractivity contribution in [2.45, 2.75) is 38.9 Å². The maximum Gasteiger partial charge on any atom is 0.453 e. The van der Waals surface area contributed by atoms with E-state index in [0.717, 1.165) is 10.1 Å². The third-order valence-corrected chi connectivity index (χ3v) is 5.82. The fraction of sp³-hybridized carbons (Fsp3) is 0.455. The minimum Gasteiger partial charge on any atom is -0.355 e. The summed E-state index contributed by atoms with van der Waals surface area (Å²) in [6.07, 6.45) is -3.44. The van der Waals surface area contributed by atoms with Crippen LogP contribution in [0.2, 0.25) is 0 Å². The van der Waals surface area contributed by atoms with Gasteiger partial charge in [-0.05, 0) is 36.5 Å². The number of carbonyl (C=O) groups is 1. The average Bonchev–Trinajstić information content (AvgIpc) is 3.21. The van der Waals surface area contributed by atoms with Crippen LogP contribution in [0.25, 0.3) is 5.65 Å². The Morgan fingerprint density at radius 3 is 2.38 bits per heavy atom. The van der Waals surface area contributed by atoms with E-state index in [0.29, 0.717) is 31.7 Å². The van der Waals surface area contributed by atoms with Crippen LogP contribution in [0.5, 0.6) is 0 Å². The molecule has 1 amide bonds. The summed E-state index contributed by atoms with van der Waals surface area (Å²) in [5, 5.41) is 14.0. The molecule has 3 heterocycles. The van der Waals surface area contributed by atoms with E-state index in [1.54, 1.807) is 6.07 Å². The van der Waals surface area contributed by atoms with Crippen LogP contribution in [0.3, 0.4) is 0 Å². The van der Waals surface area contributed by atoms with Crippen molar-refractivity contribution in [1.29, 1.82) is 0 Å². The second kappa shape index (κ2) is 8.76. The number of hydrogen-bond donors (Lipinski definition) is 1. The Labute approximate surface area is 183 Å². The number of alkyl halides is 3. The van der Waals surface area contributed by atoms with Crippen LogP contribution in [-0.2, 0) is 11.0 Å². The molecule has 10 heteroatoms. The number of benzene rings is 1. The predicted octanol–water partition coefficient (Wildman–Crippen LogP) is 3.87. The molecule has 4 rings (SSSR count). The SMILES string of the molecule is CC(C)C(NC(=O)C1CCN(c2ccc3nnc(C(F)(F)F)n3n2)CC1)c1ccccc1. The summed E-state index contributed by atoms with van der Waals surface area (Å²) in [7, 11) is 0. The van der Waals surface area contributed by atoms with Crippen LogP contribution < -0.4 is 10.2 Å². The van der Waals surface area contributed by atoms with Crippen LogP contribution in [0.1, 0.15) is 44.1 Å². The first-order valence-electron chi connectivity index (χ1n) is 10.6. The second-order valence-corrected chi connectivity index (χ2v) is 8.39. The molecule has 1 fully saturated rings. The van der Waals surface area contributed by atoms with Crippen molar-refractivity contribution < 1.29 is 18.0 Å². The molecule has 1 aromatic carbocycles. The van der Waals surface area contributed by atoms with Crippen molar-refractivity contribution in [3.63, 3.8) is 0 Å². The average molecular weight is 446 g/mol. The van der Waals surface area contributed by atoms with Gasteiger partial charge >= 0.3 is 6.18 Å². The van der Waals surface area contributed by atoms with Crippen LogP contribution in [0.15, 0.2) is 42.5 Å². The number of amides is 1. The minimum absolute atomic E-state index is 0.00813. The molecule has 1 aliphatic rings. The summed E-state index contributed by atoms with van der Waals surface area (Å²) in [4.78, 5) is 14.8. The van der Waals surface area contributed by atoms with Gasteiger partial charge in [0.15, 0.2) is 5.65 Å². The summed E-state index contributed by atoms with van der Waals surface area (Å²) >= 11 is 0. The molecule has 3 aromatic rings. The number of nitrogens with zero attached hydrogens (tertiary/aromatic N) is 5. The van der Waals surface area contributed by atoms with E-state index in [1.165, 1.54) is 6.07 Å². The van der Waals surface area contributed by atoms with E-state index >= 15 is 0 Å². The Balaban J connectivity index is 1.42. The Kier molecular flexibility index (Phi) is 6.03. The zero-order valence-corrected chi connectivity index (χ0v) is 17.9. The number of aromatic nitrogens is 4. The number of halogens is 3. The number of hydrogen-bond acceptors (Lipinski definition) is 5. The Morgan fingerprint density at radius 2 is 1.75 bits per heavy atom. The van der Waals surface area contributed by atoms with Gasteiger partial charge in [-0.15, -0.1) is 15.3 Å². The Hall–Kier alpha value is -3.17. The van der Waals surface area contributed by atoms with Gasteiger partial charge < -0.3 is 10.2 Å². The molecular weight excluding hydrogens is 421 g/mol. The fourth-order valence-corrected chi connectivity index (χ4v) is 4.06. The number of anilines is 1. The number of carbonyl (C=O) groups excluding carboxylic acids is 1. The molecule has 2 aromatic heterocycles. The van der Waals surface area contributed by atoms with Gasteiger partial charge in [-0.3, -0.25) is 4.79 Å². The van der Waals surface area contributed by atoms with Crippen LogP contribution in [0, 0.1) is 11.8 Å². The van der Waals surface area contributed by atoms with E-state index in [9.17, 15) is 18.0 Å². The molecule has 0 radical (unpaired) electrons. The summed E-state index contributed by atoms with van der Waals surface area (Å²) < 4.78 is 40.1. The summed E-state index contributed by atoms with van der Waals surface area (Å²) in [5.74, 6) is -0.645. The summed E-state index contributed by atoms with van der Waals surface area (Å²) in [6, 6.07) is 12.9. The maximum absolute atomic E-state index is 13.1. The molecule has 32 heavy (non-hydrogen) atoms. The van der Waals surface area contributed by atoms with E-state index in [4.69, 9.17) is 0 Å². The zero-order valence-electron chi connectivity index (χ0n) is 17.9. The standard InChI is InChI=1S/C22H25F3N6O/c1-14(2)19(15-6-4-3-5-7-15)26-20(32)16-10-12-30(13-11-16)18-9-8-17-27-28-21(22(23,24)25)31(17)29-18/h3-9,14,16,19H,10-13H2,1-2H3,(H,26,32). The van der Waals surface area contributed by atoms with Crippen molar-refractivity contribution >= 4 is 17.4 Å². The first-order valence-corrected chi connectivity index (χ1v) is 10.6. The van der Waals surface area contributed by atoms with Gasteiger partial charge in [0.1, 0.15) is 5.82 Å². The van der Waals surface area contributed by atoms with Crippen molar-refractivity contribution in [1.82, 2.24) is 25.1 Å². The van der Waals surface area contributed by atoms with E-state index in [1.807, 2.05) is 35.2 Å². The smallest absolute Gasteiger partial charge is 0.355 e. The lowest BCUT2D eigenvalue weighted by atomic mass is 9.92. The number of rotatable bonds is 5. The minimum atomic E-state index is -4.64. The molecule has 1 saturated heterocycles. The van der Waals surface area contributed by atoms with Gasteiger partial charge in [0.25, 0.3) is 5.82 Å². The van der Waals surface area contributed by atoms with Gasteiger partial charge in [0, 0.05) is 19.0 Å². The summed E-state index contributed by atoms with van der Waals surface area (Å²) in [6.45, 7) is 5.20. The van der Waals surface area contributed by atoms with Crippen molar-refractivity contribution in [2.24, 2.45) is 11.8 Å². The molecule has 0 spiro atoms. The van der Waals surface area contributed by atoms with Crippen molar-refractivity contribution in [3.8, 4) is 0 Å². The molecule has 1 aliphatic heterocycles. The normalized spacial score (nSPS) is 16.5. The van der Waals surface area contributed by atoms with Crippen molar-refractivity contribution in [2.75, 3.05) is 18.0 Å². The third-order valence-electron chi connectivity index (χ3n) is 5.82. The van der Waals surface area contributed by atoms with Gasteiger partial charge in [-0.25, -0.2) is 0 Å². The van der Waals surface area contributed by atoms with Gasteiger partial charge in [0.05, 0.1) is 6.04 Å². The van der Waals surface area contributed by atoms with Crippen LogP contribution in [0.4, 0.5) is 19.0 Å². The van der Waals surface area contributed by atoms with E-state index in [-0.39, 0.29) is 29.4 Å². The first-order chi connectivity index (χ1) is 15.2. The molecule has 1 unspecified atom stereocenters. The molecular formula is C22H25F3N6O. The van der Waals surface area contributed by atoms with Gasteiger partial charge in [-0.2, -0.15) is 17.7 Å². The molecule has 1 atom stereocenters. The lowest BCUT2D eigenvalue weighted by Gasteiger charge is -2.33. The molecule has 0 saturated carbocycles. The highest BCUT2D eigenvalue weighted by Crippen LogP contribution is 2.29. The highest BCUT2D eigenvalue weighted by Gasteiger charge is 2.38. The topological polar surface area (TPSA) is 75.4 Å². The highest BCUT2D eigenvalue weighted by atomic mass is 19.4. The van der Waals surface area contributed by atoms with Crippen LogP contribution >= 0.6 is 0 Å². The van der Waals surface area contributed by atoms with E-state index in [2.05, 4.69) is 34.5 Å². The monoisotopic (exact) mass is 446 g/mol. The zero-order chi connectivity index (χ0) is 22.9. The maximum atomic E-state index is 13.1. The quantitative estimate of drug-likeness (QED) is 0.644. The Bertz CT molecular complexity index is 1070. The van der Waals surface area contributed by atoms with Crippen molar-refractivity contribution in [3.05, 3.63) is 53.9 Å². The van der Waals surface area contributed by atoms with Crippen LogP contribution in [-0.4, -0.2) is 38.8 Å². The predicted molar refractivity (Wildman–Crippen MR) is 113 cm³/mol. The number of nitrogens with one attached hydrogen (secondary N) is 1. The molecule has 7 nitrogen and oxygen atoms in total. The lowest BCUT2D eigenvalue weighted by molar-refractivity contribution is -0.146. The number of fused-ring (bicyclic) bond motifs is 1. The summed E-state index contributed by atoms with van der Waals surface area (Å²) in [5.41, 5.74) is 1.11. The Morgan fingerprint density at radius 1 is 1.06 bits per heavy atom. The molecule has 170 valence electrons. The third kappa shape index (κ3) is 4.53. The lowest BCUT2D eigenvalue weighted by Crippen LogP contribution is -2.42. The van der Waals surface area contributed by atoms with Gasteiger partial charge in [-0.1, -0.05) is 44.2 Å². The first kappa shape index (κ1) is 22.0. The fourth-order valence-electron chi connectivity index (χ4n) is 4.06. The largest absolute Gasteiger partial charge is 0.453 e. The van der Waals surface area contributed by atoms with Gasteiger partial charge in [0.2, 0.25) is 5.91 Å².